The zero-order chi connectivity index (χ0) is 21.4. The third-order valence-corrected chi connectivity index (χ3v) is 5.69. The molecule has 0 fully saturated rings. The number of nitrogens with two attached hydrogens (primary N) is 1. The van der Waals surface area contributed by atoms with Crippen LogP contribution in [-0.4, -0.2) is 18.4 Å². The van der Waals surface area contributed by atoms with E-state index in [1.54, 1.807) is 0 Å². The monoisotopic (exact) mass is 410 g/mol. The lowest BCUT2D eigenvalue weighted by molar-refractivity contribution is -0.127. The van der Waals surface area contributed by atoms with Crippen molar-refractivity contribution in [2.75, 3.05) is 6.54 Å². The lowest BCUT2D eigenvalue weighted by atomic mass is 10.0. The van der Waals surface area contributed by atoms with Gasteiger partial charge in [-0.1, -0.05) is 129 Å². The van der Waals surface area contributed by atoms with Crippen molar-refractivity contribution < 1.29 is 9.59 Å². The summed E-state index contributed by atoms with van der Waals surface area (Å²) in [5.74, 6) is -0.818. The average molecular weight is 411 g/mol. The number of hydrogen-bond donors (Lipinski definition) is 2. The van der Waals surface area contributed by atoms with Gasteiger partial charge in [-0.05, 0) is 6.42 Å². The molecule has 0 radical (unpaired) electrons. The number of nitrogens with one attached hydrogen (secondary N) is 1. The van der Waals surface area contributed by atoms with Crippen LogP contribution in [0.5, 0.6) is 0 Å². The van der Waals surface area contributed by atoms with Crippen LogP contribution >= 0.6 is 0 Å². The quantitative estimate of drug-likeness (QED) is 0.144. The molecule has 2 amide bonds. The number of hydrogen-bond acceptors (Lipinski definition) is 2. The zero-order valence-electron chi connectivity index (χ0n) is 19.5. The van der Waals surface area contributed by atoms with Crippen molar-refractivity contribution in [1.82, 2.24) is 5.32 Å². The summed E-state index contributed by atoms with van der Waals surface area (Å²) in [6, 6.07) is 0. The van der Waals surface area contributed by atoms with E-state index >= 15 is 0 Å². The summed E-state index contributed by atoms with van der Waals surface area (Å²) in [7, 11) is 0. The summed E-state index contributed by atoms with van der Waals surface area (Å²) in [5, 5.41) is 2.73. The highest BCUT2D eigenvalue weighted by atomic mass is 16.2. The summed E-state index contributed by atoms with van der Waals surface area (Å²) in [6.07, 6.45) is 27.2. The van der Waals surface area contributed by atoms with E-state index < -0.39 is 5.91 Å². The van der Waals surface area contributed by atoms with Crippen LogP contribution in [0.2, 0.25) is 0 Å². The molecular weight excluding hydrogens is 360 g/mol. The lowest BCUT2D eigenvalue weighted by Gasteiger charge is -2.05. The number of amides is 2. The van der Waals surface area contributed by atoms with Gasteiger partial charge in [0.15, 0.2) is 0 Å². The minimum atomic E-state index is -0.564. The van der Waals surface area contributed by atoms with Crippen molar-refractivity contribution in [2.45, 2.75) is 142 Å². The Balaban J connectivity index is 3.07. The fourth-order valence-electron chi connectivity index (χ4n) is 3.83. The van der Waals surface area contributed by atoms with E-state index in [0.717, 1.165) is 12.8 Å². The first-order valence-corrected chi connectivity index (χ1v) is 12.7. The molecule has 0 aromatic rings. The lowest BCUT2D eigenvalue weighted by Crippen LogP contribution is -2.29. The highest BCUT2D eigenvalue weighted by Gasteiger charge is 2.03. The van der Waals surface area contributed by atoms with Crippen LogP contribution in [0, 0.1) is 0 Å². The molecule has 3 N–H and O–H groups in total. The van der Waals surface area contributed by atoms with Crippen molar-refractivity contribution in [1.29, 1.82) is 0 Å². The predicted molar refractivity (Wildman–Crippen MR) is 125 cm³/mol. The normalized spacial score (nSPS) is 10.9. The third-order valence-electron chi connectivity index (χ3n) is 5.69. The van der Waals surface area contributed by atoms with Crippen molar-refractivity contribution in [2.24, 2.45) is 5.73 Å². The average Bonchev–Trinajstić information content (AvgIpc) is 2.68. The van der Waals surface area contributed by atoms with Gasteiger partial charge in [0.2, 0.25) is 11.8 Å². The SMILES string of the molecule is CCCCCCCCCCCCCCCCCCCCCCNC(=O)CC(N)=O. The van der Waals surface area contributed by atoms with E-state index in [-0.39, 0.29) is 12.3 Å². The van der Waals surface area contributed by atoms with E-state index in [2.05, 4.69) is 12.2 Å². The molecule has 29 heavy (non-hydrogen) atoms. The van der Waals surface area contributed by atoms with Crippen LogP contribution in [0.15, 0.2) is 0 Å². The Kier molecular flexibility index (Phi) is 22.4. The van der Waals surface area contributed by atoms with E-state index in [1.165, 1.54) is 116 Å². The molecule has 0 aliphatic carbocycles. The summed E-state index contributed by atoms with van der Waals surface area (Å²) in [5.41, 5.74) is 4.98. The first kappa shape index (κ1) is 27.9. The first-order valence-electron chi connectivity index (χ1n) is 12.7. The van der Waals surface area contributed by atoms with E-state index in [4.69, 9.17) is 5.73 Å². The van der Waals surface area contributed by atoms with Crippen LogP contribution in [0.3, 0.4) is 0 Å². The van der Waals surface area contributed by atoms with Crippen LogP contribution < -0.4 is 11.1 Å². The molecule has 0 rings (SSSR count). The Hall–Kier alpha value is -1.06. The molecule has 0 aliphatic rings. The second-order valence-electron chi connectivity index (χ2n) is 8.71. The van der Waals surface area contributed by atoms with Gasteiger partial charge in [0, 0.05) is 6.54 Å². The molecule has 0 atom stereocenters. The highest BCUT2D eigenvalue weighted by molar-refractivity contribution is 5.95. The Bertz CT molecular complexity index is 372. The van der Waals surface area contributed by atoms with Crippen molar-refractivity contribution in [3.63, 3.8) is 0 Å². The fourth-order valence-corrected chi connectivity index (χ4v) is 3.83. The number of carbonyl (C=O) groups excluding carboxylic acids is 2. The molecule has 0 unspecified atom stereocenters. The molecule has 4 nitrogen and oxygen atoms in total. The molecule has 0 heterocycles. The van der Waals surface area contributed by atoms with E-state index in [0.29, 0.717) is 6.54 Å². The smallest absolute Gasteiger partial charge is 0.229 e. The summed E-state index contributed by atoms with van der Waals surface area (Å²) >= 11 is 0. The Labute approximate surface area is 181 Å². The van der Waals surface area contributed by atoms with Crippen LogP contribution in [0.1, 0.15) is 142 Å². The summed E-state index contributed by atoms with van der Waals surface area (Å²) in [4.78, 5) is 21.8. The molecule has 0 saturated heterocycles. The molecule has 0 aliphatic heterocycles. The van der Waals surface area contributed by atoms with Gasteiger partial charge in [-0.15, -0.1) is 0 Å². The van der Waals surface area contributed by atoms with E-state index in [1.807, 2.05) is 0 Å². The van der Waals surface area contributed by atoms with Crippen LogP contribution in [0.4, 0.5) is 0 Å². The molecule has 0 aromatic heterocycles. The van der Waals surface area contributed by atoms with Gasteiger partial charge in [0.1, 0.15) is 6.42 Å². The molecule has 172 valence electrons. The standard InChI is InChI=1S/C25H50N2O2/c1-2-3-4-5-6-7-8-9-10-11-12-13-14-15-16-17-18-19-20-21-22-27-25(29)23-24(26)28/h2-23H2,1H3,(H2,26,28)(H,27,29). The van der Waals surface area contributed by atoms with Crippen molar-refractivity contribution in [3.05, 3.63) is 0 Å². The number of primary amides is 1. The predicted octanol–water partition coefficient (Wildman–Crippen LogP) is 6.80. The minimum absolute atomic E-state index is 0.195. The van der Waals surface area contributed by atoms with Gasteiger partial charge < -0.3 is 11.1 Å². The second kappa shape index (κ2) is 23.2. The summed E-state index contributed by atoms with van der Waals surface area (Å²) < 4.78 is 0. The molecular formula is C25H50N2O2. The van der Waals surface area contributed by atoms with Gasteiger partial charge in [-0.25, -0.2) is 0 Å². The highest BCUT2D eigenvalue weighted by Crippen LogP contribution is 2.14. The number of unbranched alkanes of at least 4 members (excludes halogenated alkanes) is 19. The Morgan fingerprint density at radius 3 is 1.17 bits per heavy atom. The largest absolute Gasteiger partial charge is 0.369 e. The van der Waals surface area contributed by atoms with Gasteiger partial charge in [-0.2, -0.15) is 0 Å². The van der Waals surface area contributed by atoms with E-state index in [9.17, 15) is 9.59 Å². The fraction of sp³-hybridized carbons (Fsp3) is 0.920. The van der Waals surface area contributed by atoms with Crippen molar-refractivity contribution in [3.8, 4) is 0 Å². The molecule has 4 heteroatoms. The number of carbonyl (C=O) groups is 2. The Morgan fingerprint density at radius 1 is 0.552 bits per heavy atom. The number of rotatable bonds is 23. The minimum Gasteiger partial charge on any atom is -0.369 e. The molecule has 0 aromatic carbocycles. The molecule has 0 bridgehead atoms. The van der Waals surface area contributed by atoms with Gasteiger partial charge >= 0.3 is 0 Å². The van der Waals surface area contributed by atoms with Gasteiger partial charge in [0.25, 0.3) is 0 Å². The maximum atomic E-state index is 11.2. The maximum Gasteiger partial charge on any atom is 0.229 e. The maximum absolute atomic E-state index is 11.2. The topological polar surface area (TPSA) is 72.2 Å². The van der Waals surface area contributed by atoms with Gasteiger partial charge in [0.05, 0.1) is 0 Å². The van der Waals surface area contributed by atoms with Crippen LogP contribution in [-0.2, 0) is 9.59 Å². The van der Waals surface area contributed by atoms with Crippen molar-refractivity contribution >= 4 is 11.8 Å². The third kappa shape index (κ3) is 24.9. The van der Waals surface area contributed by atoms with Crippen LogP contribution in [0.25, 0.3) is 0 Å². The first-order chi connectivity index (χ1) is 14.2. The summed E-state index contributed by atoms with van der Waals surface area (Å²) in [6.45, 7) is 2.94. The molecule has 0 saturated carbocycles. The Morgan fingerprint density at radius 2 is 0.862 bits per heavy atom. The molecule has 0 spiro atoms. The zero-order valence-corrected chi connectivity index (χ0v) is 19.5. The van der Waals surface area contributed by atoms with Gasteiger partial charge in [-0.3, -0.25) is 9.59 Å². The second-order valence-corrected chi connectivity index (χ2v) is 8.71.